The number of urea groups is 2. The van der Waals surface area contributed by atoms with Crippen LogP contribution in [0, 0.1) is 58.0 Å². The second-order valence-corrected chi connectivity index (χ2v) is 21.0. The Morgan fingerprint density at radius 2 is 0.984 bits per heavy atom. The zero-order valence-electron chi connectivity index (χ0n) is 37.6. The van der Waals surface area contributed by atoms with Gasteiger partial charge in [0, 0.05) is 56.0 Å². The van der Waals surface area contributed by atoms with Gasteiger partial charge in [-0.15, -0.1) is 0 Å². The fraction of sp³-hybridized carbons (Fsp3) is 0.680. The molecule has 0 unspecified atom stereocenters. The average molecular weight is 888 g/mol. The largest absolute Gasteiger partial charge is 0.465 e. The molecule has 2 heterocycles. The molecule has 2 aromatic carbocycles. The van der Waals surface area contributed by atoms with Crippen molar-refractivity contribution in [2.75, 3.05) is 79.4 Å². The van der Waals surface area contributed by atoms with E-state index >= 15 is 0 Å². The summed E-state index contributed by atoms with van der Waals surface area (Å²) in [5.41, 5.74) is 7.10. The van der Waals surface area contributed by atoms with Gasteiger partial charge in [-0.3, -0.25) is 4.79 Å². The van der Waals surface area contributed by atoms with E-state index in [2.05, 4.69) is 0 Å². The van der Waals surface area contributed by atoms with Gasteiger partial charge in [-0.05, 0) is 142 Å². The molecule has 0 radical (unpaired) electrons. The first-order valence-electron chi connectivity index (χ1n) is 24.0. The molecule has 10 fully saturated rings. The Bertz CT molecular complexity index is 1840. The third-order valence-corrected chi connectivity index (χ3v) is 16.2. The first-order valence-corrected chi connectivity index (χ1v) is 24.0. The second kappa shape index (κ2) is 19.0. The lowest BCUT2D eigenvalue weighted by Gasteiger charge is -2.58. The summed E-state index contributed by atoms with van der Waals surface area (Å²) in [6.45, 7) is 6.12. The van der Waals surface area contributed by atoms with E-state index in [1.807, 2.05) is 19.6 Å². The summed E-state index contributed by atoms with van der Waals surface area (Å²) in [5.74, 6) is 2.97. The molecule has 2 N–H and O–H groups in total. The summed E-state index contributed by atoms with van der Waals surface area (Å²) < 4.78 is 45.4. The van der Waals surface area contributed by atoms with Crippen LogP contribution in [0.4, 0.5) is 18.4 Å². The smallest absolute Gasteiger partial charge is 0.337 e. The van der Waals surface area contributed by atoms with Crippen molar-refractivity contribution in [1.82, 2.24) is 19.6 Å². The molecule has 0 aromatic heterocycles. The van der Waals surface area contributed by atoms with Crippen LogP contribution >= 0.6 is 0 Å². The van der Waals surface area contributed by atoms with Gasteiger partial charge in [-0.25, -0.2) is 23.2 Å². The van der Waals surface area contributed by atoms with Gasteiger partial charge < -0.3 is 39.5 Å². The van der Waals surface area contributed by atoms with Gasteiger partial charge in [0.15, 0.2) is 5.78 Å². The van der Waals surface area contributed by atoms with Crippen molar-refractivity contribution < 1.29 is 42.2 Å². The normalized spacial score (nSPS) is 31.0. The molecule has 8 bridgehead atoms. The van der Waals surface area contributed by atoms with Crippen LogP contribution in [0.15, 0.2) is 36.4 Å². The number of ether oxygens (including phenoxy) is 3. The van der Waals surface area contributed by atoms with Crippen LogP contribution in [0.2, 0.25) is 0 Å². The molecule has 0 spiro atoms. The fourth-order valence-electron chi connectivity index (χ4n) is 14.4. The number of morpholine rings is 2. The fourth-order valence-corrected chi connectivity index (χ4v) is 14.4. The summed E-state index contributed by atoms with van der Waals surface area (Å²) in [4.78, 5) is 58.2. The van der Waals surface area contributed by atoms with Crippen LogP contribution in [0.3, 0.4) is 0 Å². The number of carbonyl (C=O) groups is 4. The minimum Gasteiger partial charge on any atom is -0.465 e. The molecule has 4 amide bonds. The van der Waals surface area contributed by atoms with Crippen LogP contribution in [-0.2, 0) is 27.3 Å². The molecule has 8 saturated carbocycles. The predicted molar refractivity (Wildman–Crippen MR) is 235 cm³/mol. The van der Waals surface area contributed by atoms with Crippen molar-refractivity contribution in [1.29, 1.82) is 0 Å². The van der Waals surface area contributed by atoms with E-state index in [0.717, 1.165) is 35.5 Å². The number of esters is 1. The van der Waals surface area contributed by atoms with Crippen molar-refractivity contribution in [2.45, 2.75) is 90.1 Å². The maximum absolute atomic E-state index is 14.9. The summed E-state index contributed by atoms with van der Waals surface area (Å²) in [7, 11) is 1.28. The number of Topliss-reactive ketones (excluding diaryl/α,β-unsaturated/α-hetero) is 1. The monoisotopic (exact) mass is 888 g/mol. The number of methoxy groups -OCH3 is 1. The summed E-state index contributed by atoms with van der Waals surface area (Å²) in [6, 6.07) is 8.86. The van der Waals surface area contributed by atoms with Gasteiger partial charge in [0.25, 0.3) is 0 Å². The van der Waals surface area contributed by atoms with E-state index in [9.17, 15) is 28.0 Å². The van der Waals surface area contributed by atoms with E-state index in [1.165, 1.54) is 96.3 Å². The van der Waals surface area contributed by atoms with Gasteiger partial charge in [-0.1, -0.05) is 18.2 Å². The molecule has 8 aliphatic carbocycles. The highest BCUT2D eigenvalue weighted by atomic mass is 19.1. The molecule has 12 rings (SSSR count). The molecule has 0 atom stereocenters. The molecule has 2 aliphatic heterocycles. The lowest BCUT2D eigenvalue weighted by molar-refractivity contribution is -0.0673. The second-order valence-electron chi connectivity index (χ2n) is 21.0. The third kappa shape index (κ3) is 9.84. The van der Waals surface area contributed by atoms with Gasteiger partial charge >= 0.3 is 18.0 Å². The Morgan fingerprint density at radius 1 is 0.625 bits per heavy atom. The van der Waals surface area contributed by atoms with Crippen molar-refractivity contribution >= 4 is 23.8 Å². The lowest BCUT2D eigenvalue weighted by atomic mass is 9.49. The number of benzene rings is 2. The molecular formula is C50H67F2N5O7. The maximum Gasteiger partial charge on any atom is 0.337 e. The van der Waals surface area contributed by atoms with Gasteiger partial charge in [-0.2, -0.15) is 0 Å². The number of carbonyl (C=O) groups excluding carboxylic acids is 4. The first-order chi connectivity index (χ1) is 30.9. The minimum absolute atomic E-state index is 0.0226. The number of nitrogens with two attached hydrogens (primary N) is 1. The number of ketones is 1. The van der Waals surface area contributed by atoms with Crippen molar-refractivity contribution in [3.05, 3.63) is 70.3 Å². The van der Waals surface area contributed by atoms with Crippen LogP contribution < -0.4 is 5.73 Å². The Hall–Kier alpha value is -4.14. The van der Waals surface area contributed by atoms with E-state index in [1.54, 1.807) is 24.3 Å². The number of rotatable bonds is 11. The maximum atomic E-state index is 14.9. The first kappa shape index (κ1) is 45.0. The van der Waals surface area contributed by atoms with Gasteiger partial charge in [0.2, 0.25) is 0 Å². The van der Waals surface area contributed by atoms with E-state index in [0.29, 0.717) is 76.8 Å². The number of hydrogen-bond donors (Lipinski definition) is 1. The number of nitrogens with zero attached hydrogens (tertiary/aromatic N) is 4. The van der Waals surface area contributed by atoms with Gasteiger partial charge in [0.1, 0.15) is 11.6 Å². The van der Waals surface area contributed by atoms with Crippen molar-refractivity contribution in [2.24, 2.45) is 52.1 Å². The van der Waals surface area contributed by atoms with Crippen LogP contribution in [0.1, 0.15) is 109 Å². The zero-order chi connectivity index (χ0) is 44.6. The standard InChI is InChI=1S/C25H34FN3O3.C25H33FN2O4/c26-22-10-20(23(30)14-27)1-2-21(22)15-29(24(31)28-3-5-32-6-4-28)16-25-11-17-7-18(12-25)9-19(8-17)13-25;1-31-23(29)20-2-3-21(22(26)11-20)15-28(24(30)27-4-6-32-7-5-27)16-25-12-17-8-18(13-25)10-19(9-17)14-25/h1-2,10,17-19H,3-9,11-16,27H2;2-3,11,17-19H,4-10,12-16H2,1H3. The highest BCUT2D eigenvalue weighted by Crippen LogP contribution is 2.61. The van der Waals surface area contributed by atoms with Crippen LogP contribution in [0.25, 0.3) is 0 Å². The number of halogens is 2. The van der Waals surface area contributed by atoms with E-state index < -0.39 is 17.6 Å². The van der Waals surface area contributed by atoms with Crippen LogP contribution in [0.5, 0.6) is 0 Å². The third-order valence-electron chi connectivity index (χ3n) is 16.2. The molecule has 64 heavy (non-hydrogen) atoms. The molecule has 348 valence electrons. The molecule has 10 aliphatic rings. The van der Waals surface area contributed by atoms with E-state index in [4.69, 9.17) is 19.9 Å². The highest BCUT2D eigenvalue weighted by Gasteiger charge is 2.53. The Balaban J connectivity index is 0.000000162. The summed E-state index contributed by atoms with van der Waals surface area (Å²) in [5, 5.41) is 0. The molecule has 2 saturated heterocycles. The lowest BCUT2D eigenvalue weighted by Crippen LogP contribution is -2.55. The SMILES string of the molecule is COC(=O)c1ccc(CN(CC23CC4CC(CC(C4)C2)C3)C(=O)N2CCOCC2)c(F)c1.NCC(=O)c1ccc(CN(CC23CC4CC(CC(C4)C2)C3)C(=O)N2CCOCC2)c(F)c1. The highest BCUT2D eigenvalue weighted by molar-refractivity contribution is 5.97. The van der Waals surface area contributed by atoms with Gasteiger partial charge in [0.05, 0.1) is 58.7 Å². The van der Waals surface area contributed by atoms with Crippen molar-refractivity contribution in [3.8, 4) is 0 Å². The summed E-state index contributed by atoms with van der Waals surface area (Å²) in [6.07, 6.45) is 15.2. The average Bonchev–Trinajstić information content (AvgIpc) is 3.28. The van der Waals surface area contributed by atoms with Crippen molar-refractivity contribution in [3.63, 3.8) is 0 Å². The Labute approximate surface area is 376 Å². The Kier molecular flexibility index (Phi) is 13.4. The quantitative estimate of drug-likeness (QED) is 0.181. The minimum atomic E-state index is -0.565. The van der Waals surface area contributed by atoms with Crippen LogP contribution in [-0.4, -0.2) is 123 Å². The predicted octanol–water partition coefficient (Wildman–Crippen LogP) is 7.52. The molecule has 12 nitrogen and oxygen atoms in total. The summed E-state index contributed by atoms with van der Waals surface area (Å²) >= 11 is 0. The van der Waals surface area contributed by atoms with E-state index in [-0.39, 0.29) is 59.4 Å². The molecule has 14 heteroatoms. The topological polar surface area (TPSA) is 135 Å². The Morgan fingerprint density at radius 3 is 1.33 bits per heavy atom. The number of hydrogen-bond acceptors (Lipinski definition) is 8. The molecular weight excluding hydrogens is 821 g/mol. The molecule has 2 aromatic rings. The zero-order valence-corrected chi connectivity index (χ0v) is 37.6. The number of amides is 4.